The molecule has 1 heteroatoms. The van der Waals surface area contributed by atoms with Crippen molar-refractivity contribution in [1.82, 2.24) is 0 Å². The second-order valence-corrected chi connectivity index (χ2v) is 4.50. The third-order valence-electron chi connectivity index (χ3n) is 3.00. The van der Waals surface area contributed by atoms with E-state index in [0.717, 1.165) is 32.1 Å². The first kappa shape index (κ1) is 13.0. The van der Waals surface area contributed by atoms with Gasteiger partial charge in [0.05, 0.1) is 0 Å². The van der Waals surface area contributed by atoms with E-state index < -0.39 is 0 Å². The summed E-state index contributed by atoms with van der Waals surface area (Å²) in [6.45, 7) is 4.18. The molecule has 88 valence electrons. The number of rotatable bonds is 7. The van der Waals surface area contributed by atoms with Gasteiger partial charge in [-0.3, -0.25) is 4.79 Å². The van der Waals surface area contributed by atoms with Crippen LogP contribution in [0.3, 0.4) is 0 Å². The van der Waals surface area contributed by atoms with Gasteiger partial charge in [-0.15, -0.1) is 0 Å². The predicted octanol–water partition coefficient (Wildman–Crippen LogP) is 4.01. The second kappa shape index (κ2) is 7.21. The van der Waals surface area contributed by atoms with Crippen LogP contribution in [0.1, 0.15) is 45.1 Å². The summed E-state index contributed by atoms with van der Waals surface area (Å²) in [5, 5.41) is 0. The summed E-state index contributed by atoms with van der Waals surface area (Å²) in [5.74, 6) is 0.679. The van der Waals surface area contributed by atoms with Crippen LogP contribution in [0, 0.1) is 5.92 Å². The topological polar surface area (TPSA) is 17.1 Å². The third kappa shape index (κ3) is 4.61. The molecule has 16 heavy (non-hydrogen) atoms. The fourth-order valence-corrected chi connectivity index (χ4v) is 1.95. The number of Topliss-reactive ketones (excluding diaryl/α,β-unsaturated/α-hetero) is 1. The van der Waals surface area contributed by atoms with Gasteiger partial charge < -0.3 is 0 Å². The molecule has 0 heterocycles. The lowest BCUT2D eigenvalue weighted by Crippen LogP contribution is -2.10. The molecule has 1 rings (SSSR count). The fraction of sp³-hybridized carbons (Fsp3) is 0.533. The lowest BCUT2D eigenvalue weighted by atomic mass is 9.96. The van der Waals surface area contributed by atoms with Crippen molar-refractivity contribution < 1.29 is 4.79 Å². The van der Waals surface area contributed by atoms with Crippen LogP contribution >= 0.6 is 0 Å². The first-order valence-corrected chi connectivity index (χ1v) is 6.30. The molecule has 0 aliphatic heterocycles. The summed E-state index contributed by atoms with van der Waals surface area (Å²) in [4.78, 5) is 11.7. The van der Waals surface area contributed by atoms with E-state index in [4.69, 9.17) is 0 Å². The lowest BCUT2D eigenvalue weighted by Gasteiger charge is -2.08. The molecule has 1 unspecified atom stereocenters. The van der Waals surface area contributed by atoms with Crippen LogP contribution in [-0.2, 0) is 11.2 Å². The Hall–Kier alpha value is -1.11. The summed E-state index contributed by atoms with van der Waals surface area (Å²) in [6.07, 6.45) is 4.87. The zero-order valence-electron chi connectivity index (χ0n) is 10.4. The maximum Gasteiger partial charge on any atom is 0.135 e. The number of hydrogen-bond donors (Lipinski definition) is 0. The molecule has 0 aromatic heterocycles. The minimum atomic E-state index is 0.251. The van der Waals surface area contributed by atoms with Crippen LogP contribution in [0.2, 0.25) is 0 Å². The maximum absolute atomic E-state index is 11.7. The smallest absolute Gasteiger partial charge is 0.135 e. The van der Waals surface area contributed by atoms with Crippen molar-refractivity contribution in [3.63, 3.8) is 0 Å². The first-order valence-electron chi connectivity index (χ1n) is 6.30. The van der Waals surface area contributed by atoms with Crippen molar-refractivity contribution in [2.45, 2.75) is 46.0 Å². The quantitative estimate of drug-likeness (QED) is 0.675. The van der Waals surface area contributed by atoms with Gasteiger partial charge in [-0.25, -0.2) is 0 Å². The van der Waals surface area contributed by atoms with Crippen molar-refractivity contribution in [3.8, 4) is 0 Å². The number of ketones is 1. The first-order chi connectivity index (χ1) is 7.74. The number of hydrogen-bond acceptors (Lipinski definition) is 1. The largest absolute Gasteiger partial charge is 0.299 e. The molecule has 0 spiro atoms. The Labute approximate surface area is 98.9 Å². The minimum absolute atomic E-state index is 0.251. The Kier molecular flexibility index (Phi) is 5.84. The van der Waals surface area contributed by atoms with Crippen LogP contribution < -0.4 is 0 Å². The third-order valence-corrected chi connectivity index (χ3v) is 3.00. The van der Waals surface area contributed by atoms with Gasteiger partial charge in [0.1, 0.15) is 5.78 Å². The van der Waals surface area contributed by atoms with Gasteiger partial charge in [0.15, 0.2) is 0 Å². The molecule has 1 atom stereocenters. The molecule has 0 radical (unpaired) electrons. The van der Waals surface area contributed by atoms with E-state index in [9.17, 15) is 4.79 Å². The monoisotopic (exact) mass is 218 g/mol. The Bertz CT molecular complexity index is 302. The predicted molar refractivity (Wildman–Crippen MR) is 68.5 cm³/mol. The van der Waals surface area contributed by atoms with Crippen LogP contribution in [0.25, 0.3) is 0 Å². The SMILES string of the molecule is CCCC(C)C(=O)CCCc1ccccc1. The summed E-state index contributed by atoms with van der Waals surface area (Å²) in [6, 6.07) is 10.4. The highest BCUT2D eigenvalue weighted by Gasteiger charge is 2.10. The van der Waals surface area contributed by atoms with E-state index >= 15 is 0 Å². The zero-order valence-corrected chi connectivity index (χ0v) is 10.4. The lowest BCUT2D eigenvalue weighted by molar-refractivity contribution is -0.122. The van der Waals surface area contributed by atoms with Crippen molar-refractivity contribution in [3.05, 3.63) is 35.9 Å². The minimum Gasteiger partial charge on any atom is -0.299 e. The maximum atomic E-state index is 11.7. The molecule has 0 bridgehead atoms. The molecule has 0 aliphatic carbocycles. The molecule has 0 saturated carbocycles. The number of benzene rings is 1. The normalized spacial score (nSPS) is 12.4. The molecule has 0 saturated heterocycles. The molecule has 0 aliphatic rings. The summed E-state index contributed by atoms with van der Waals surface area (Å²) in [5.41, 5.74) is 1.33. The van der Waals surface area contributed by atoms with E-state index in [-0.39, 0.29) is 5.92 Å². The summed E-state index contributed by atoms with van der Waals surface area (Å²) < 4.78 is 0. The summed E-state index contributed by atoms with van der Waals surface area (Å²) >= 11 is 0. The molecule has 1 nitrogen and oxygen atoms in total. The fourth-order valence-electron chi connectivity index (χ4n) is 1.95. The summed E-state index contributed by atoms with van der Waals surface area (Å²) in [7, 11) is 0. The molecular weight excluding hydrogens is 196 g/mol. The van der Waals surface area contributed by atoms with Gasteiger partial charge in [0, 0.05) is 12.3 Å². The average Bonchev–Trinajstić information content (AvgIpc) is 2.30. The van der Waals surface area contributed by atoms with E-state index in [1.54, 1.807) is 0 Å². The molecule has 0 N–H and O–H groups in total. The molecule has 1 aromatic carbocycles. The molecular formula is C15H22O. The Morgan fingerprint density at radius 1 is 1.25 bits per heavy atom. The highest BCUT2D eigenvalue weighted by Crippen LogP contribution is 2.12. The molecule has 0 amide bonds. The van der Waals surface area contributed by atoms with E-state index in [2.05, 4.69) is 31.2 Å². The second-order valence-electron chi connectivity index (χ2n) is 4.50. The highest BCUT2D eigenvalue weighted by atomic mass is 16.1. The molecule has 0 fully saturated rings. The van der Waals surface area contributed by atoms with E-state index in [1.807, 2.05) is 13.0 Å². The van der Waals surface area contributed by atoms with Crippen molar-refractivity contribution in [2.75, 3.05) is 0 Å². The van der Waals surface area contributed by atoms with Crippen LogP contribution in [0.4, 0.5) is 0 Å². The Morgan fingerprint density at radius 2 is 1.94 bits per heavy atom. The van der Waals surface area contributed by atoms with Crippen LogP contribution in [0.5, 0.6) is 0 Å². The van der Waals surface area contributed by atoms with Crippen LogP contribution in [-0.4, -0.2) is 5.78 Å². The average molecular weight is 218 g/mol. The van der Waals surface area contributed by atoms with Gasteiger partial charge in [-0.05, 0) is 24.8 Å². The van der Waals surface area contributed by atoms with Crippen molar-refractivity contribution in [1.29, 1.82) is 0 Å². The van der Waals surface area contributed by atoms with Crippen molar-refractivity contribution in [2.24, 2.45) is 5.92 Å². The van der Waals surface area contributed by atoms with Gasteiger partial charge in [0.25, 0.3) is 0 Å². The van der Waals surface area contributed by atoms with Gasteiger partial charge in [-0.2, -0.15) is 0 Å². The van der Waals surface area contributed by atoms with Gasteiger partial charge in [-0.1, -0.05) is 50.6 Å². The zero-order chi connectivity index (χ0) is 11.8. The van der Waals surface area contributed by atoms with Gasteiger partial charge >= 0.3 is 0 Å². The van der Waals surface area contributed by atoms with Crippen molar-refractivity contribution >= 4 is 5.78 Å². The number of aryl methyl sites for hydroxylation is 1. The van der Waals surface area contributed by atoms with E-state index in [1.165, 1.54) is 5.56 Å². The van der Waals surface area contributed by atoms with Crippen LogP contribution in [0.15, 0.2) is 30.3 Å². The molecule has 1 aromatic rings. The number of carbonyl (C=O) groups is 1. The Balaban J connectivity index is 2.23. The highest BCUT2D eigenvalue weighted by molar-refractivity contribution is 5.80. The number of carbonyl (C=O) groups excluding carboxylic acids is 1. The van der Waals surface area contributed by atoms with E-state index in [0.29, 0.717) is 5.78 Å². The standard InChI is InChI=1S/C15H22O/c1-3-8-13(2)15(16)12-7-11-14-9-5-4-6-10-14/h4-6,9-10,13H,3,7-8,11-12H2,1-2H3. The van der Waals surface area contributed by atoms with Gasteiger partial charge in [0.2, 0.25) is 0 Å². The Morgan fingerprint density at radius 3 is 2.56 bits per heavy atom.